The molecule has 2 nitrogen and oxygen atoms in total. The Kier molecular flexibility index (Phi) is 3.24. The van der Waals surface area contributed by atoms with Crippen LogP contribution in [0.4, 0.5) is 0 Å². The Morgan fingerprint density at radius 1 is 1.21 bits per heavy atom. The van der Waals surface area contributed by atoms with Crippen LogP contribution in [0.2, 0.25) is 0 Å². The van der Waals surface area contributed by atoms with Crippen molar-refractivity contribution in [3.8, 4) is 5.75 Å². The molecular formula is C17H24O2. The van der Waals surface area contributed by atoms with Gasteiger partial charge in [-0.1, -0.05) is 47.6 Å². The van der Waals surface area contributed by atoms with Crippen LogP contribution in [0.3, 0.4) is 0 Å². The number of rotatable bonds is 3. The summed E-state index contributed by atoms with van der Waals surface area (Å²) >= 11 is 0. The molecule has 1 unspecified atom stereocenters. The molecule has 19 heavy (non-hydrogen) atoms. The van der Waals surface area contributed by atoms with Gasteiger partial charge in [0.25, 0.3) is 6.47 Å². The minimum atomic E-state index is 0.0690. The van der Waals surface area contributed by atoms with Gasteiger partial charge >= 0.3 is 0 Å². The zero-order valence-corrected chi connectivity index (χ0v) is 12.8. The van der Waals surface area contributed by atoms with E-state index in [2.05, 4.69) is 47.6 Å². The van der Waals surface area contributed by atoms with Crippen molar-refractivity contribution in [1.82, 2.24) is 0 Å². The van der Waals surface area contributed by atoms with E-state index in [1.807, 2.05) is 12.1 Å². The van der Waals surface area contributed by atoms with Crippen LogP contribution in [0, 0.1) is 11.3 Å². The molecule has 0 spiro atoms. The highest BCUT2D eigenvalue weighted by molar-refractivity contribution is 5.52. The van der Waals surface area contributed by atoms with Gasteiger partial charge in [0.15, 0.2) is 0 Å². The van der Waals surface area contributed by atoms with Gasteiger partial charge in [0.1, 0.15) is 5.75 Å². The van der Waals surface area contributed by atoms with Crippen molar-refractivity contribution in [3.63, 3.8) is 0 Å². The Labute approximate surface area is 116 Å². The smallest absolute Gasteiger partial charge is 0.298 e. The molecule has 0 aromatic heterocycles. The Hall–Kier alpha value is -1.31. The minimum absolute atomic E-state index is 0.0690. The van der Waals surface area contributed by atoms with Crippen molar-refractivity contribution < 1.29 is 9.53 Å². The lowest BCUT2D eigenvalue weighted by Gasteiger charge is -2.41. The van der Waals surface area contributed by atoms with Gasteiger partial charge in [-0.15, -0.1) is 0 Å². The van der Waals surface area contributed by atoms with Crippen molar-refractivity contribution in [2.45, 2.75) is 52.9 Å². The van der Waals surface area contributed by atoms with Gasteiger partial charge in [-0.2, -0.15) is 0 Å². The molecule has 2 heteroatoms. The third-order valence-electron chi connectivity index (χ3n) is 5.27. The highest BCUT2D eigenvalue weighted by Gasteiger charge is 2.52. The molecule has 2 rings (SSSR count). The molecule has 1 atom stereocenters. The summed E-state index contributed by atoms with van der Waals surface area (Å²) < 4.78 is 5.01. The van der Waals surface area contributed by atoms with Crippen LogP contribution in [0.1, 0.15) is 58.6 Å². The van der Waals surface area contributed by atoms with Gasteiger partial charge in [0.2, 0.25) is 0 Å². The number of benzene rings is 1. The summed E-state index contributed by atoms with van der Waals surface area (Å²) in [4.78, 5) is 10.5. The second-order valence-corrected chi connectivity index (χ2v) is 7.03. The van der Waals surface area contributed by atoms with Gasteiger partial charge in [-0.3, -0.25) is 4.79 Å². The Bertz CT molecular complexity index is 498. The largest absolute Gasteiger partial charge is 0.429 e. The van der Waals surface area contributed by atoms with Crippen molar-refractivity contribution in [3.05, 3.63) is 29.3 Å². The highest BCUT2D eigenvalue weighted by Crippen LogP contribution is 2.61. The van der Waals surface area contributed by atoms with E-state index >= 15 is 0 Å². The van der Waals surface area contributed by atoms with Gasteiger partial charge in [-0.05, 0) is 45.9 Å². The predicted octanol–water partition coefficient (Wildman–Crippen LogP) is 4.28. The summed E-state index contributed by atoms with van der Waals surface area (Å²) in [7, 11) is 0. The predicted molar refractivity (Wildman–Crippen MR) is 77.5 cm³/mol. The molecule has 1 aromatic rings. The number of carbonyl (C=O) groups excluding carboxylic acids is 1. The Balaban J connectivity index is 2.62. The highest BCUT2D eigenvalue weighted by atomic mass is 16.5. The maximum atomic E-state index is 10.5. The van der Waals surface area contributed by atoms with E-state index in [0.29, 0.717) is 24.1 Å². The monoisotopic (exact) mass is 260 g/mol. The molecule has 0 N–H and O–H groups in total. The molecule has 1 aromatic carbocycles. The molecule has 0 bridgehead atoms. The first-order valence-corrected chi connectivity index (χ1v) is 6.98. The third kappa shape index (κ3) is 1.89. The lowest BCUT2D eigenvalue weighted by Crippen LogP contribution is -2.36. The first-order chi connectivity index (χ1) is 8.73. The van der Waals surface area contributed by atoms with E-state index in [9.17, 15) is 4.79 Å². The number of hydrogen-bond acceptors (Lipinski definition) is 2. The Morgan fingerprint density at radius 2 is 1.84 bits per heavy atom. The molecule has 0 saturated heterocycles. The molecular weight excluding hydrogens is 236 g/mol. The number of hydrogen-bond donors (Lipinski definition) is 0. The average molecular weight is 260 g/mol. The van der Waals surface area contributed by atoms with Crippen LogP contribution in [0.5, 0.6) is 5.75 Å². The summed E-state index contributed by atoms with van der Waals surface area (Å²) in [6.45, 7) is 14.3. The van der Waals surface area contributed by atoms with E-state index in [1.54, 1.807) is 0 Å². The van der Waals surface area contributed by atoms with Crippen molar-refractivity contribution >= 4 is 6.47 Å². The maximum absolute atomic E-state index is 10.5. The van der Waals surface area contributed by atoms with E-state index in [1.165, 1.54) is 11.1 Å². The van der Waals surface area contributed by atoms with Crippen LogP contribution in [-0.4, -0.2) is 6.47 Å². The molecule has 104 valence electrons. The number of ether oxygens (including phenoxy) is 1. The second kappa shape index (κ2) is 4.36. The Morgan fingerprint density at radius 3 is 2.37 bits per heavy atom. The number of fused-ring (bicyclic) bond motifs is 1. The molecule has 0 saturated carbocycles. The van der Waals surface area contributed by atoms with E-state index in [4.69, 9.17) is 4.74 Å². The molecule has 0 amide bonds. The molecule has 0 heterocycles. The summed E-state index contributed by atoms with van der Waals surface area (Å²) in [5.41, 5.74) is 2.97. The van der Waals surface area contributed by atoms with Crippen LogP contribution >= 0.6 is 0 Å². The molecule has 0 fully saturated rings. The van der Waals surface area contributed by atoms with Crippen LogP contribution in [-0.2, 0) is 10.2 Å². The van der Waals surface area contributed by atoms with Gasteiger partial charge < -0.3 is 4.74 Å². The summed E-state index contributed by atoms with van der Waals surface area (Å²) in [5.74, 6) is 1.76. The quantitative estimate of drug-likeness (QED) is 0.758. The van der Waals surface area contributed by atoms with Crippen LogP contribution < -0.4 is 4.74 Å². The molecule has 1 aliphatic rings. The topological polar surface area (TPSA) is 26.3 Å². The van der Waals surface area contributed by atoms with E-state index < -0.39 is 0 Å². The summed E-state index contributed by atoms with van der Waals surface area (Å²) in [6.07, 6.45) is 0. The van der Waals surface area contributed by atoms with E-state index in [-0.39, 0.29) is 10.8 Å². The average Bonchev–Trinajstić information content (AvgIpc) is 2.44. The molecule has 1 aliphatic carbocycles. The van der Waals surface area contributed by atoms with Crippen molar-refractivity contribution in [2.24, 2.45) is 11.3 Å². The van der Waals surface area contributed by atoms with Gasteiger partial charge in [0, 0.05) is 0 Å². The fourth-order valence-electron chi connectivity index (χ4n) is 3.79. The van der Waals surface area contributed by atoms with Crippen molar-refractivity contribution in [2.75, 3.05) is 0 Å². The first kappa shape index (κ1) is 14.1. The number of carbonyl (C=O) groups is 1. The fraction of sp³-hybridized carbons (Fsp3) is 0.588. The van der Waals surface area contributed by atoms with Crippen LogP contribution in [0.25, 0.3) is 0 Å². The van der Waals surface area contributed by atoms with E-state index in [0.717, 1.165) is 0 Å². The zero-order valence-electron chi connectivity index (χ0n) is 12.8. The van der Waals surface area contributed by atoms with Gasteiger partial charge in [0.05, 0.1) is 0 Å². The summed E-state index contributed by atoms with van der Waals surface area (Å²) in [5, 5.41) is 0. The third-order valence-corrected chi connectivity index (χ3v) is 5.27. The molecule has 0 radical (unpaired) electrons. The zero-order chi connectivity index (χ0) is 14.4. The second-order valence-electron chi connectivity index (χ2n) is 7.03. The van der Waals surface area contributed by atoms with Gasteiger partial charge in [-0.25, -0.2) is 0 Å². The summed E-state index contributed by atoms with van der Waals surface area (Å²) in [6, 6.07) is 6.07. The first-order valence-electron chi connectivity index (χ1n) is 6.98. The SMILES string of the molecule is CC(C)C1c2ccc(OC=O)cc2C(C)(C)C1(C)C. The lowest BCUT2D eigenvalue weighted by molar-refractivity contribution is -0.120. The molecule has 0 aliphatic heterocycles. The standard InChI is InChI=1S/C17H24O2/c1-11(2)15-13-8-7-12(19-10-18)9-14(13)16(3,4)17(15,5)6/h7-11,15H,1-6H3. The minimum Gasteiger partial charge on any atom is -0.429 e. The fourth-order valence-corrected chi connectivity index (χ4v) is 3.79. The normalized spacial score (nSPS) is 23.2. The van der Waals surface area contributed by atoms with Crippen LogP contribution in [0.15, 0.2) is 18.2 Å². The van der Waals surface area contributed by atoms with Crippen molar-refractivity contribution in [1.29, 1.82) is 0 Å². The maximum Gasteiger partial charge on any atom is 0.298 e. The lowest BCUT2D eigenvalue weighted by atomic mass is 9.62.